The minimum Gasteiger partial charge on any atom is -0.508 e. The van der Waals surface area contributed by atoms with E-state index in [0.717, 1.165) is 0 Å². The first-order valence-corrected chi connectivity index (χ1v) is 16.2. The van der Waals surface area contributed by atoms with Gasteiger partial charge in [-0.3, -0.25) is 39.0 Å². The van der Waals surface area contributed by atoms with Crippen LogP contribution in [-0.4, -0.2) is 119 Å². The Bertz CT molecular complexity index is 1390. The van der Waals surface area contributed by atoms with Gasteiger partial charge in [-0.15, -0.1) is 0 Å². The number of likely N-dealkylation sites (tertiary alicyclic amines) is 1. The van der Waals surface area contributed by atoms with Gasteiger partial charge < -0.3 is 58.5 Å². The number of carboxylic acids is 1. The van der Waals surface area contributed by atoms with Crippen LogP contribution in [0.15, 0.2) is 24.3 Å². The first-order valence-electron chi connectivity index (χ1n) is 16.2. The van der Waals surface area contributed by atoms with Crippen molar-refractivity contribution < 1.29 is 43.8 Å². The summed E-state index contributed by atoms with van der Waals surface area (Å²) in [5.41, 5.74) is 11.2. The van der Waals surface area contributed by atoms with Gasteiger partial charge in [-0.1, -0.05) is 26.0 Å². The number of aliphatic carboxylic acids is 1. The second-order valence-electron chi connectivity index (χ2n) is 12.0. The molecule has 276 valence electrons. The van der Waals surface area contributed by atoms with Crippen molar-refractivity contribution in [3.05, 3.63) is 29.8 Å². The fourth-order valence-corrected chi connectivity index (χ4v) is 5.16. The number of hydrogen-bond donors (Lipinski definition) is 11. The summed E-state index contributed by atoms with van der Waals surface area (Å²) in [6.07, 6.45) is 0.975. The van der Waals surface area contributed by atoms with Crippen LogP contribution >= 0.6 is 0 Å². The predicted octanol–water partition coefficient (Wildman–Crippen LogP) is -3.42. The molecule has 0 spiro atoms. The minimum atomic E-state index is -1.28. The highest BCUT2D eigenvalue weighted by atomic mass is 16.4. The molecule has 1 aromatic carbocycles. The predicted molar refractivity (Wildman–Crippen MR) is 179 cm³/mol. The maximum atomic E-state index is 13.9. The number of nitrogens with two attached hydrogens (primary N) is 2. The molecular weight excluding hydrogens is 656 g/mol. The van der Waals surface area contributed by atoms with Crippen LogP contribution in [0.2, 0.25) is 0 Å². The Balaban J connectivity index is 2.31. The van der Waals surface area contributed by atoms with E-state index in [1.54, 1.807) is 26.0 Å². The van der Waals surface area contributed by atoms with Crippen LogP contribution < -0.4 is 43.4 Å². The lowest BCUT2D eigenvalue weighted by atomic mass is 10.0. The van der Waals surface area contributed by atoms with Crippen LogP contribution in [0.25, 0.3) is 0 Å². The Labute approximate surface area is 289 Å². The lowest BCUT2D eigenvalue weighted by Crippen LogP contribution is -2.59. The maximum absolute atomic E-state index is 13.9. The van der Waals surface area contributed by atoms with Crippen molar-refractivity contribution in [2.24, 2.45) is 17.4 Å². The summed E-state index contributed by atoms with van der Waals surface area (Å²) in [4.78, 5) is 90.4. The molecule has 0 bridgehead atoms. The molecule has 4 atom stereocenters. The molecule has 0 radical (unpaired) electrons. The summed E-state index contributed by atoms with van der Waals surface area (Å²) in [6, 6.07) is 1.29. The van der Waals surface area contributed by atoms with Gasteiger partial charge in [-0.05, 0) is 49.3 Å². The van der Waals surface area contributed by atoms with Crippen LogP contribution in [0, 0.1) is 11.3 Å². The van der Waals surface area contributed by atoms with Crippen molar-refractivity contribution in [2.75, 3.05) is 32.7 Å². The van der Waals surface area contributed by atoms with Gasteiger partial charge >= 0.3 is 5.97 Å². The fraction of sp³-hybridized carbons (Fsp3) is 0.548. The Kier molecular flexibility index (Phi) is 16.4. The molecular formula is C31H48N10O9. The number of phenols is 1. The minimum absolute atomic E-state index is 0.0126. The standard InChI is InChI=1S/C31H48N10O9/c1-17(2)26(30(50)37-16-25(45)46)40-27(47)20(5-3-11-35-31(33)34)38-28(48)21(13-18-7-9-19(42)10-8-18)39-29(49)22-6-4-12-41(22)24(44)15-36-23(43)14-32/h7-10,17,20-22,26,42H,3-6,11-16,32H2,1-2H3,(H,36,43)(H,37,50)(H,38,48)(H,39,49)(H,40,47)(H,45,46)(H4,33,34,35)/t20-,21+,22-,26+/m0/s1. The third-order valence-electron chi connectivity index (χ3n) is 7.79. The number of aromatic hydroxyl groups is 1. The summed E-state index contributed by atoms with van der Waals surface area (Å²) in [6.45, 7) is 2.36. The molecule has 0 unspecified atom stereocenters. The lowest BCUT2D eigenvalue weighted by Gasteiger charge is -2.28. The van der Waals surface area contributed by atoms with E-state index in [4.69, 9.17) is 22.0 Å². The number of nitrogens with one attached hydrogen (secondary N) is 7. The van der Waals surface area contributed by atoms with E-state index in [-0.39, 0.29) is 57.2 Å². The van der Waals surface area contributed by atoms with Crippen molar-refractivity contribution >= 4 is 47.4 Å². The Hall–Kier alpha value is -5.46. The van der Waals surface area contributed by atoms with Gasteiger partial charge in [0, 0.05) is 19.5 Å². The molecule has 1 aliphatic rings. The van der Waals surface area contributed by atoms with Crippen LogP contribution in [0.1, 0.15) is 45.1 Å². The SMILES string of the molecule is CC(C)[C@@H](NC(=O)[C@H](CCCNC(=N)N)NC(=O)[C@@H](Cc1ccc(O)cc1)NC(=O)[C@@H]1CCCN1C(=O)CNC(=O)CN)C(=O)NCC(=O)O. The molecule has 1 aromatic rings. The third kappa shape index (κ3) is 13.6. The normalized spacial score (nSPS) is 15.6. The molecule has 0 aliphatic carbocycles. The van der Waals surface area contributed by atoms with Gasteiger partial charge in [-0.2, -0.15) is 0 Å². The van der Waals surface area contributed by atoms with Crippen molar-refractivity contribution in [3.8, 4) is 5.75 Å². The number of nitrogens with zero attached hydrogens (tertiary/aromatic N) is 1. The topological polar surface area (TPSA) is 311 Å². The van der Waals surface area contributed by atoms with E-state index in [2.05, 4.69) is 31.9 Å². The van der Waals surface area contributed by atoms with Crippen molar-refractivity contribution in [3.63, 3.8) is 0 Å². The lowest BCUT2D eigenvalue weighted by molar-refractivity contribution is -0.140. The molecule has 13 N–H and O–H groups in total. The number of benzene rings is 1. The zero-order valence-corrected chi connectivity index (χ0v) is 28.1. The Morgan fingerprint density at radius 1 is 0.920 bits per heavy atom. The molecule has 19 heteroatoms. The van der Waals surface area contributed by atoms with Gasteiger partial charge in [0.1, 0.15) is 36.5 Å². The molecule has 50 heavy (non-hydrogen) atoms. The largest absolute Gasteiger partial charge is 0.508 e. The molecule has 1 heterocycles. The first kappa shape index (κ1) is 40.7. The maximum Gasteiger partial charge on any atom is 0.322 e. The monoisotopic (exact) mass is 704 g/mol. The molecule has 6 amide bonds. The summed E-state index contributed by atoms with van der Waals surface area (Å²) in [5.74, 6) is -6.03. The number of rotatable bonds is 19. The third-order valence-corrected chi connectivity index (χ3v) is 7.79. The van der Waals surface area contributed by atoms with Crippen LogP contribution in [-0.2, 0) is 40.0 Å². The highest BCUT2D eigenvalue weighted by molar-refractivity contribution is 5.96. The molecule has 0 aromatic heterocycles. The van der Waals surface area contributed by atoms with Crippen molar-refractivity contribution in [1.29, 1.82) is 5.41 Å². The van der Waals surface area contributed by atoms with Crippen LogP contribution in [0.5, 0.6) is 5.75 Å². The van der Waals surface area contributed by atoms with E-state index in [1.165, 1.54) is 17.0 Å². The van der Waals surface area contributed by atoms with Crippen molar-refractivity contribution in [1.82, 2.24) is 36.8 Å². The van der Waals surface area contributed by atoms with Gasteiger partial charge in [0.15, 0.2) is 5.96 Å². The smallest absolute Gasteiger partial charge is 0.322 e. The first-order chi connectivity index (χ1) is 23.6. The molecule has 0 saturated carbocycles. The summed E-state index contributed by atoms with van der Waals surface area (Å²) in [7, 11) is 0. The van der Waals surface area contributed by atoms with E-state index in [1.807, 2.05) is 0 Å². The van der Waals surface area contributed by atoms with Crippen LogP contribution in [0.4, 0.5) is 0 Å². The Morgan fingerprint density at radius 2 is 1.58 bits per heavy atom. The number of amides is 6. The molecule has 2 rings (SSSR count). The molecule has 1 aliphatic heterocycles. The van der Waals surface area contributed by atoms with Crippen molar-refractivity contribution in [2.45, 2.75) is 70.1 Å². The van der Waals surface area contributed by atoms with Gasteiger partial charge in [0.25, 0.3) is 0 Å². The second kappa shape index (κ2) is 20.1. The second-order valence-corrected chi connectivity index (χ2v) is 12.0. The Morgan fingerprint density at radius 3 is 2.18 bits per heavy atom. The highest BCUT2D eigenvalue weighted by Crippen LogP contribution is 2.19. The van der Waals surface area contributed by atoms with Crippen LogP contribution in [0.3, 0.4) is 0 Å². The van der Waals surface area contributed by atoms with E-state index >= 15 is 0 Å². The number of carbonyl (C=O) groups excluding carboxylic acids is 6. The number of carbonyl (C=O) groups is 7. The summed E-state index contributed by atoms with van der Waals surface area (Å²) in [5, 5.41) is 41.2. The number of guanidine groups is 1. The average molecular weight is 705 g/mol. The zero-order valence-electron chi connectivity index (χ0n) is 28.1. The van der Waals surface area contributed by atoms with E-state index in [9.17, 15) is 38.7 Å². The quantitative estimate of drug-likeness (QED) is 0.0381. The number of phenolic OH excluding ortho intramolecular Hbond substituents is 1. The zero-order chi connectivity index (χ0) is 37.4. The van der Waals surface area contributed by atoms with Gasteiger partial charge in [-0.25, -0.2) is 0 Å². The number of carboxylic acid groups (broad SMARTS) is 1. The van der Waals surface area contributed by atoms with E-state index < -0.39 is 78.0 Å². The van der Waals surface area contributed by atoms with Gasteiger partial charge in [0.2, 0.25) is 35.4 Å². The van der Waals surface area contributed by atoms with Gasteiger partial charge in [0.05, 0.1) is 13.1 Å². The fourth-order valence-electron chi connectivity index (χ4n) is 5.16. The summed E-state index contributed by atoms with van der Waals surface area (Å²) < 4.78 is 0. The van der Waals surface area contributed by atoms with E-state index in [0.29, 0.717) is 18.4 Å². The average Bonchev–Trinajstić information content (AvgIpc) is 3.57. The molecule has 1 saturated heterocycles. The molecule has 19 nitrogen and oxygen atoms in total. The highest BCUT2D eigenvalue weighted by Gasteiger charge is 2.37. The molecule has 1 fully saturated rings. The number of hydrogen-bond acceptors (Lipinski definition) is 10. The summed E-state index contributed by atoms with van der Waals surface area (Å²) >= 11 is 0.